The normalized spacial score (nSPS) is 13.1. The van der Waals surface area contributed by atoms with E-state index < -0.39 is 0 Å². The Bertz CT molecular complexity index is 297. The van der Waals surface area contributed by atoms with Gasteiger partial charge in [0, 0.05) is 31.5 Å². The van der Waals surface area contributed by atoms with Gasteiger partial charge in [-0.3, -0.25) is 4.98 Å². The van der Waals surface area contributed by atoms with Crippen molar-refractivity contribution in [1.29, 1.82) is 0 Å². The summed E-state index contributed by atoms with van der Waals surface area (Å²) in [6.07, 6.45) is 3.80. The van der Waals surface area contributed by atoms with Crippen LogP contribution in [0.3, 0.4) is 0 Å². The predicted octanol–water partition coefficient (Wildman–Crippen LogP) is 1.43. The average molecular weight is 207 g/mol. The Balaban J connectivity index is 2.32. The van der Waals surface area contributed by atoms with E-state index in [1.54, 1.807) is 0 Å². The lowest BCUT2D eigenvalue weighted by molar-refractivity contribution is 0.302. The van der Waals surface area contributed by atoms with Crippen molar-refractivity contribution in [3.63, 3.8) is 0 Å². The fraction of sp³-hybridized carbons (Fsp3) is 0.583. The van der Waals surface area contributed by atoms with Crippen molar-refractivity contribution in [2.75, 3.05) is 20.6 Å². The first kappa shape index (κ1) is 12.1. The number of nitrogens with zero attached hydrogens (tertiary/aromatic N) is 2. The average Bonchev–Trinajstić information content (AvgIpc) is 2.17. The lowest BCUT2D eigenvalue weighted by Crippen LogP contribution is -2.35. The van der Waals surface area contributed by atoms with E-state index in [0.29, 0.717) is 6.04 Å². The molecule has 1 atom stereocenters. The number of rotatable bonds is 5. The molecule has 3 nitrogen and oxygen atoms in total. The summed E-state index contributed by atoms with van der Waals surface area (Å²) in [5, 5.41) is 3.43. The Morgan fingerprint density at radius 3 is 2.73 bits per heavy atom. The molecule has 0 spiro atoms. The minimum Gasteiger partial charge on any atom is -0.311 e. The molecule has 3 heteroatoms. The largest absolute Gasteiger partial charge is 0.311 e. The molecule has 0 radical (unpaired) electrons. The summed E-state index contributed by atoms with van der Waals surface area (Å²) in [5.41, 5.74) is 2.47. The zero-order valence-electron chi connectivity index (χ0n) is 10.1. The number of likely N-dealkylation sites (N-methyl/N-ethyl adjacent to an activating group) is 1. The molecule has 0 saturated carbocycles. The van der Waals surface area contributed by atoms with Crippen molar-refractivity contribution in [1.82, 2.24) is 15.2 Å². The van der Waals surface area contributed by atoms with Crippen molar-refractivity contribution in [2.45, 2.75) is 26.4 Å². The summed E-state index contributed by atoms with van der Waals surface area (Å²) in [5.74, 6) is 0. The lowest BCUT2D eigenvalue weighted by atomic mass is 10.2. The Hall–Kier alpha value is -0.930. The van der Waals surface area contributed by atoms with E-state index in [1.165, 1.54) is 11.1 Å². The van der Waals surface area contributed by atoms with E-state index in [9.17, 15) is 0 Å². The predicted molar refractivity (Wildman–Crippen MR) is 63.8 cm³/mol. The summed E-state index contributed by atoms with van der Waals surface area (Å²) < 4.78 is 0. The van der Waals surface area contributed by atoms with E-state index in [2.05, 4.69) is 49.2 Å². The van der Waals surface area contributed by atoms with Gasteiger partial charge in [0.2, 0.25) is 0 Å². The zero-order valence-corrected chi connectivity index (χ0v) is 10.1. The molecule has 0 aliphatic rings. The van der Waals surface area contributed by atoms with E-state index >= 15 is 0 Å². The fourth-order valence-electron chi connectivity index (χ4n) is 1.32. The maximum Gasteiger partial charge on any atom is 0.0313 e. The van der Waals surface area contributed by atoms with Crippen LogP contribution in [0.25, 0.3) is 0 Å². The molecule has 1 unspecified atom stereocenters. The molecule has 0 saturated heterocycles. The second-order valence-electron chi connectivity index (χ2n) is 4.31. The van der Waals surface area contributed by atoms with Crippen LogP contribution >= 0.6 is 0 Å². The first-order chi connectivity index (χ1) is 7.09. The van der Waals surface area contributed by atoms with E-state index in [1.807, 2.05) is 12.4 Å². The third-order valence-corrected chi connectivity index (χ3v) is 2.58. The van der Waals surface area contributed by atoms with Gasteiger partial charge in [-0.05, 0) is 39.1 Å². The van der Waals surface area contributed by atoms with Crippen LogP contribution < -0.4 is 5.32 Å². The van der Waals surface area contributed by atoms with Crippen LogP contribution in [0.4, 0.5) is 0 Å². The van der Waals surface area contributed by atoms with E-state index in [4.69, 9.17) is 0 Å². The van der Waals surface area contributed by atoms with Gasteiger partial charge in [0.1, 0.15) is 0 Å². The van der Waals surface area contributed by atoms with Crippen molar-refractivity contribution >= 4 is 0 Å². The minimum absolute atomic E-state index is 0.558. The highest BCUT2D eigenvalue weighted by molar-refractivity contribution is 5.16. The van der Waals surface area contributed by atoms with Gasteiger partial charge in [0.25, 0.3) is 0 Å². The molecular weight excluding hydrogens is 186 g/mol. The van der Waals surface area contributed by atoms with Crippen molar-refractivity contribution in [3.8, 4) is 0 Å². The molecule has 0 aromatic carbocycles. The molecule has 0 amide bonds. The monoisotopic (exact) mass is 207 g/mol. The molecular formula is C12H21N3. The molecule has 15 heavy (non-hydrogen) atoms. The number of aryl methyl sites for hydroxylation is 1. The number of pyridine rings is 1. The third kappa shape index (κ3) is 4.40. The van der Waals surface area contributed by atoms with Gasteiger partial charge in [-0.15, -0.1) is 0 Å². The van der Waals surface area contributed by atoms with Crippen LogP contribution in [0.2, 0.25) is 0 Å². The molecule has 0 bridgehead atoms. The highest BCUT2D eigenvalue weighted by atomic mass is 15.1. The Morgan fingerprint density at radius 1 is 1.40 bits per heavy atom. The van der Waals surface area contributed by atoms with E-state index in [-0.39, 0.29) is 0 Å². The highest BCUT2D eigenvalue weighted by Crippen LogP contribution is 2.00. The van der Waals surface area contributed by atoms with Gasteiger partial charge >= 0.3 is 0 Å². The van der Waals surface area contributed by atoms with Gasteiger partial charge in [-0.1, -0.05) is 6.07 Å². The van der Waals surface area contributed by atoms with Crippen LogP contribution in [0.5, 0.6) is 0 Å². The molecule has 0 fully saturated rings. The maximum atomic E-state index is 4.17. The van der Waals surface area contributed by atoms with Gasteiger partial charge in [0.05, 0.1) is 0 Å². The van der Waals surface area contributed by atoms with Crippen LogP contribution in [-0.4, -0.2) is 36.6 Å². The Morgan fingerprint density at radius 2 is 2.13 bits per heavy atom. The maximum absolute atomic E-state index is 4.17. The molecule has 1 aromatic rings. The standard InChI is InChI=1S/C12H21N3/c1-10-5-12(8-13-6-10)9-14-7-11(2)15(3)4/h5-6,8,11,14H,7,9H2,1-4H3. The zero-order chi connectivity index (χ0) is 11.3. The lowest BCUT2D eigenvalue weighted by Gasteiger charge is -2.20. The molecule has 0 aliphatic heterocycles. The summed E-state index contributed by atoms with van der Waals surface area (Å²) in [6.45, 7) is 6.17. The summed E-state index contributed by atoms with van der Waals surface area (Å²) in [4.78, 5) is 6.38. The number of hydrogen-bond acceptors (Lipinski definition) is 3. The molecule has 84 valence electrons. The quantitative estimate of drug-likeness (QED) is 0.791. The smallest absolute Gasteiger partial charge is 0.0313 e. The van der Waals surface area contributed by atoms with Crippen LogP contribution in [0, 0.1) is 6.92 Å². The van der Waals surface area contributed by atoms with Gasteiger partial charge < -0.3 is 10.2 Å². The highest BCUT2D eigenvalue weighted by Gasteiger charge is 2.03. The molecule has 1 heterocycles. The SMILES string of the molecule is Cc1cncc(CNCC(C)N(C)C)c1. The molecule has 1 rings (SSSR count). The minimum atomic E-state index is 0.558. The van der Waals surface area contributed by atoms with Gasteiger partial charge in [-0.25, -0.2) is 0 Å². The van der Waals surface area contributed by atoms with Crippen LogP contribution in [0.1, 0.15) is 18.1 Å². The van der Waals surface area contributed by atoms with Crippen LogP contribution in [-0.2, 0) is 6.54 Å². The molecule has 1 aromatic heterocycles. The summed E-state index contributed by atoms with van der Waals surface area (Å²) in [6, 6.07) is 2.73. The summed E-state index contributed by atoms with van der Waals surface area (Å²) in [7, 11) is 4.20. The topological polar surface area (TPSA) is 28.2 Å². The van der Waals surface area contributed by atoms with Crippen molar-refractivity contribution in [3.05, 3.63) is 29.6 Å². The summed E-state index contributed by atoms with van der Waals surface area (Å²) >= 11 is 0. The molecule has 1 N–H and O–H groups in total. The molecule has 0 aliphatic carbocycles. The van der Waals surface area contributed by atoms with Crippen LogP contribution in [0.15, 0.2) is 18.5 Å². The second kappa shape index (κ2) is 5.83. The number of aromatic nitrogens is 1. The van der Waals surface area contributed by atoms with Crippen molar-refractivity contribution in [2.24, 2.45) is 0 Å². The van der Waals surface area contributed by atoms with E-state index in [0.717, 1.165) is 13.1 Å². The first-order valence-electron chi connectivity index (χ1n) is 5.37. The fourth-order valence-corrected chi connectivity index (χ4v) is 1.32. The number of hydrogen-bond donors (Lipinski definition) is 1. The second-order valence-corrected chi connectivity index (χ2v) is 4.31. The number of nitrogens with one attached hydrogen (secondary N) is 1. The van der Waals surface area contributed by atoms with Crippen molar-refractivity contribution < 1.29 is 0 Å². The Labute approximate surface area is 92.5 Å². The third-order valence-electron chi connectivity index (χ3n) is 2.58. The van der Waals surface area contributed by atoms with Gasteiger partial charge in [0.15, 0.2) is 0 Å². The first-order valence-corrected chi connectivity index (χ1v) is 5.37. The Kier molecular flexibility index (Phi) is 4.72. The van der Waals surface area contributed by atoms with Gasteiger partial charge in [-0.2, -0.15) is 0 Å².